The summed E-state index contributed by atoms with van der Waals surface area (Å²) in [5.74, 6) is 0. The highest BCUT2D eigenvalue weighted by atomic mass is 79.9. The first-order valence-corrected chi connectivity index (χ1v) is 6.03. The Morgan fingerprint density at radius 2 is 2.20 bits per heavy atom. The van der Waals surface area contributed by atoms with Crippen molar-refractivity contribution in [1.29, 1.82) is 0 Å². The summed E-state index contributed by atoms with van der Waals surface area (Å²) in [5, 5.41) is 8.69. The molecule has 0 bridgehead atoms. The number of unbranched alkanes of at least 4 members (excludes halogenated alkanes) is 1. The number of aliphatic hydroxyl groups excluding tert-OH is 1. The van der Waals surface area contributed by atoms with E-state index in [4.69, 9.17) is 5.11 Å². The fourth-order valence-corrected chi connectivity index (χ4v) is 2.14. The van der Waals surface area contributed by atoms with Gasteiger partial charge in [0.25, 0.3) is 0 Å². The largest absolute Gasteiger partial charge is 0.396 e. The van der Waals surface area contributed by atoms with E-state index >= 15 is 0 Å². The van der Waals surface area contributed by atoms with Crippen LogP contribution in [0, 0.1) is 0 Å². The lowest BCUT2D eigenvalue weighted by atomic mass is 10.3. The topological polar surface area (TPSA) is 28.4 Å². The van der Waals surface area contributed by atoms with Crippen molar-refractivity contribution in [3.8, 4) is 0 Å². The maximum absolute atomic E-state index is 8.69. The molecule has 1 heterocycles. The van der Waals surface area contributed by atoms with E-state index < -0.39 is 0 Å². The molecule has 86 valence electrons. The lowest BCUT2D eigenvalue weighted by Crippen LogP contribution is -2.20. The van der Waals surface area contributed by atoms with Gasteiger partial charge in [0.1, 0.15) is 0 Å². The van der Waals surface area contributed by atoms with E-state index in [2.05, 4.69) is 51.8 Å². The molecule has 0 spiro atoms. The number of nitrogens with zero attached hydrogens (tertiary/aromatic N) is 2. The van der Waals surface area contributed by atoms with Crippen molar-refractivity contribution in [3.05, 3.63) is 22.4 Å². The smallest absolute Gasteiger partial charge is 0.0431 e. The normalized spacial score (nSPS) is 11.3. The van der Waals surface area contributed by atoms with Crippen molar-refractivity contribution < 1.29 is 5.11 Å². The van der Waals surface area contributed by atoms with Crippen molar-refractivity contribution in [2.45, 2.75) is 19.4 Å². The van der Waals surface area contributed by atoms with E-state index in [1.165, 1.54) is 5.69 Å². The van der Waals surface area contributed by atoms with Crippen LogP contribution >= 0.6 is 15.9 Å². The quantitative estimate of drug-likeness (QED) is 0.804. The highest BCUT2D eigenvalue weighted by molar-refractivity contribution is 9.10. The van der Waals surface area contributed by atoms with Crippen molar-refractivity contribution in [1.82, 2.24) is 9.47 Å². The van der Waals surface area contributed by atoms with E-state index in [-0.39, 0.29) is 0 Å². The van der Waals surface area contributed by atoms with Crippen LogP contribution in [0.1, 0.15) is 18.5 Å². The molecule has 3 nitrogen and oxygen atoms in total. The second kappa shape index (κ2) is 6.30. The molecule has 0 radical (unpaired) electrons. The highest BCUT2D eigenvalue weighted by Crippen LogP contribution is 2.14. The molecule has 0 saturated carbocycles. The first-order valence-electron chi connectivity index (χ1n) is 5.23. The second-order valence-corrected chi connectivity index (χ2v) is 4.84. The number of rotatable bonds is 6. The van der Waals surface area contributed by atoms with Gasteiger partial charge in [-0.05, 0) is 48.4 Å². The SMILES string of the molecule is CN(CCCCO)Cc1cc(Br)cn1C. The van der Waals surface area contributed by atoms with Gasteiger partial charge < -0.3 is 14.6 Å². The zero-order valence-corrected chi connectivity index (χ0v) is 11.0. The number of aromatic nitrogens is 1. The fraction of sp³-hybridized carbons (Fsp3) is 0.636. The molecule has 1 N–H and O–H groups in total. The minimum atomic E-state index is 0.295. The Bertz CT molecular complexity index is 299. The minimum Gasteiger partial charge on any atom is -0.396 e. The Balaban J connectivity index is 2.37. The van der Waals surface area contributed by atoms with Gasteiger partial charge in [-0.2, -0.15) is 0 Å². The summed E-state index contributed by atoms with van der Waals surface area (Å²) in [5.41, 5.74) is 1.30. The molecule has 4 heteroatoms. The van der Waals surface area contributed by atoms with Gasteiger partial charge in [0.05, 0.1) is 0 Å². The lowest BCUT2D eigenvalue weighted by molar-refractivity contribution is 0.259. The summed E-state index contributed by atoms with van der Waals surface area (Å²) >= 11 is 3.46. The number of hydrogen-bond acceptors (Lipinski definition) is 2. The summed E-state index contributed by atoms with van der Waals surface area (Å²) in [7, 11) is 4.17. The predicted octanol–water partition coefficient (Wildman–Crippen LogP) is 1.99. The molecule has 1 aromatic rings. The summed E-state index contributed by atoms with van der Waals surface area (Å²) in [6, 6.07) is 2.14. The number of hydrogen-bond donors (Lipinski definition) is 1. The van der Waals surface area contributed by atoms with Crippen LogP contribution in [-0.2, 0) is 13.6 Å². The molecule has 0 aliphatic rings. The fourth-order valence-electron chi connectivity index (χ4n) is 1.57. The molecule has 0 saturated heterocycles. The van der Waals surface area contributed by atoms with Gasteiger partial charge in [-0.25, -0.2) is 0 Å². The molecule has 0 aromatic carbocycles. The van der Waals surface area contributed by atoms with E-state index in [1.54, 1.807) is 0 Å². The van der Waals surface area contributed by atoms with Crippen molar-refractivity contribution >= 4 is 15.9 Å². The summed E-state index contributed by atoms with van der Waals surface area (Å²) in [6.45, 7) is 2.28. The van der Waals surface area contributed by atoms with E-state index in [0.29, 0.717) is 6.61 Å². The summed E-state index contributed by atoms with van der Waals surface area (Å²) in [4.78, 5) is 2.28. The van der Waals surface area contributed by atoms with E-state index in [1.807, 2.05) is 0 Å². The number of halogens is 1. The standard InChI is InChI=1S/C11H19BrN2O/c1-13(5-3-4-6-15)9-11-7-10(12)8-14(11)2/h7-8,15H,3-6,9H2,1-2H3. The van der Waals surface area contributed by atoms with Crippen LogP contribution in [0.25, 0.3) is 0 Å². The maximum atomic E-state index is 8.69. The number of aliphatic hydroxyl groups is 1. The van der Waals surface area contributed by atoms with Gasteiger partial charge in [-0.3, -0.25) is 0 Å². The molecule has 0 aliphatic carbocycles. The zero-order valence-electron chi connectivity index (χ0n) is 9.41. The first-order chi connectivity index (χ1) is 7.13. The van der Waals surface area contributed by atoms with Crippen LogP contribution in [0.4, 0.5) is 0 Å². The third kappa shape index (κ3) is 4.36. The van der Waals surface area contributed by atoms with E-state index in [9.17, 15) is 0 Å². The predicted molar refractivity (Wildman–Crippen MR) is 65.8 cm³/mol. The molecule has 1 rings (SSSR count). The second-order valence-electron chi connectivity index (χ2n) is 3.93. The molecule has 0 amide bonds. The van der Waals surface area contributed by atoms with Crippen LogP contribution in [-0.4, -0.2) is 34.8 Å². The summed E-state index contributed by atoms with van der Waals surface area (Å²) < 4.78 is 3.26. The van der Waals surface area contributed by atoms with E-state index in [0.717, 1.165) is 30.4 Å². The Morgan fingerprint density at radius 1 is 1.47 bits per heavy atom. The van der Waals surface area contributed by atoms with Crippen LogP contribution in [0.3, 0.4) is 0 Å². The van der Waals surface area contributed by atoms with Crippen LogP contribution in [0.15, 0.2) is 16.7 Å². The van der Waals surface area contributed by atoms with Crippen LogP contribution in [0.5, 0.6) is 0 Å². The third-order valence-electron chi connectivity index (χ3n) is 2.45. The lowest BCUT2D eigenvalue weighted by Gasteiger charge is -2.16. The average Bonchev–Trinajstić information content (AvgIpc) is 2.45. The van der Waals surface area contributed by atoms with Crippen LogP contribution < -0.4 is 0 Å². The Kier molecular flexibility index (Phi) is 5.36. The van der Waals surface area contributed by atoms with Crippen molar-refractivity contribution in [2.75, 3.05) is 20.2 Å². The number of aryl methyl sites for hydroxylation is 1. The monoisotopic (exact) mass is 274 g/mol. The van der Waals surface area contributed by atoms with Crippen molar-refractivity contribution in [2.24, 2.45) is 7.05 Å². The molecule has 0 atom stereocenters. The minimum absolute atomic E-state index is 0.295. The van der Waals surface area contributed by atoms with Gasteiger partial charge in [0.15, 0.2) is 0 Å². The molecule has 0 fully saturated rings. The zero-order chi connectivity index (χ0) is 11.3. The third-order valence-corrected chi connectivity index (χ3v) is 2.89. The Morgan fingerprint density at radius 3 is 2.73 bits per heavy atom. The molecule has 1 aromatic heterocycles. The molecular weight excluding hydrogens is 256 g/mol. The van der Waals surface area contributed by atoms with Gasteiger partial charge in [-0.1, -0.05) is 0 Å². The Hall–Kier alpha value is -0.320. The van der Waals surface area contributed by atoms with Crippen molar-refractivity contribution in [3.63, 3.8) is 0 Å². The molecule has 15 heavy (non-hydrogen) atoms. The molecular formula is C11H19BrN2O. The Labute approximate surface area is 99.8 Å². The molecule has 0 unspecified atom stereocenters. The highest BCUT2D eigenvalue weighted by Gasteiger charge is 2.04. The average molecular weight is 275 g/mol. The maximum Gasteiger partial charge on any atom is 0.0431 e. The van der Waals surface area contributed by atoms with Gasteiger partial charge in [-0.15, -0.1) is 0 Å². The molecule has 0 aliphatic heterocycles. The van der Waals surface area contributed by atoms with Gasteiger partial charge in [0.2, 0.25) is 0 Å². The van der Waals surface area contributed by atoms with Crippen LogP contribution in [0.2, 0.25) is 0 Å². The summed E-state index contributed by atoms with van der Waals surface area (Å²) in [6.07, 6.45) is 4.01. The van der Waals surface area contributed by atoms with Gasteiger partial charge in [0, 0.05) is 36.6 Å². The first kappa shape index (κ1) is 12.7. The van der Waals surface area contributed by atoms with Gasteiger partial charge >= 0.3 is 0 Å².